The number of amides is 1. The Labute approximate surface area is 165 Å². The number of anilines is 1. The van der Waals surface area contributed by atoms with Crippen molar-refractivity contribution in [1.82, 2.24) is 4.31 Å². The van der Waals surface area contributed by atoms with Crippen molar-refractivity contribution in [2.24, 2.45) is 0 Å². The van der Waals surface area contributed by atoms with Gasteiger partial charge >= 0.3 is 0 Å². The van der Waals surface area contributed by atoms with Crippen LogP contribution in [0.2, 0.25) is 0 Å². The quantitative estimate of drug-likeness (QED) is 0.835. The van der Waals surface area contributed by atoms with Gasteiger partial charge in [0.25, 0.3) is 5.91 Å². The molecule has 1 aliphatic rings. The summed E-state index contributed by atoms with van der Waals surface area (Å²) in [5.74, 6) is -0.313. The lowest BCUT2D eigenvalue weighted by Crippen LogP contribution is -2.31. The molecule has 6 nitrogen and oxygen atoms in total. The van der Waals surface area contributed by atoms with E-state index in [1.165, 1.54) is 28.6 Å². The minimum atomic E-state index is -3.52. The Morgan fingerprint density at radius 1 is 0.964 bits per heavy atom. The van der Waals surface area contributed by atoms with Gasteiger partial charge in [-0.2, -0.15) is 9.57 Å². The Kier molecular flexibility index (Phi) is 6.45. The Bertz CT molecular complexity index is 953. The van der Waals surface area contributed by atoms with Crippen LogP contribution in [0.1, 0.15) is 41.6 Å². The van der Waals surface area contributed by atoms with Gasteiger partial charge in [0.15, 0.2) is 0 Å². The molecule has 0 bridgehead atoms. The van der Waals surface area contributed by atoms with E-state index in [0.29, 0.717) is 30.8 Å². The minimum absolute atomic E-state index is 0.215. The molecule has 0 atom stereocenters. The molecular formula is C21H23N3O3S. The number of nitriles is 1. The first-order valence-electron chi connectivity index (χ1n) is 9.38. The van der Waals surface area contributed by atoms with E-state index in [0.717, 1.165) is 31.2 Å². The predicted octanol–water partition coefficient (Wildman–Crippen LogP) is 3.57. The molecule has 1 N–H and O–H groups in total. The molecule has 2 aromatic carbocycles. The van der Waals surface area contributed by atoms with Gasteiger partial charge in [-0.3, -0.25) is 4.79 Å². The second-order valence-corrected chi connectivity index (χ2v) is 8.77. The topological polar surface area (TPSA) is 90.3 Å². The number of hydrogen-bond donors (Lipinski definition) is 1. The van der Waals surface area contributed by atoms with E-state index in [1.54, 1.807) is 24.3 Å². The second kappa shape index (κ2) is 9.00. The standard InChI is InChI=1S/C21H23N3O3S/c22-14-13-17-5-9-19(10-6-17)23-21(25)18-7-11-20(12-8-18)28(26,27)24-15-3-1-2-4-16-24/h5-12H,1-4,13,15-16H2,(H,23,25). The zero-order valence-electron chi connectivity index (χ0n) is 15.6. The van der Waals surface area contributed by atoms with E-state index in [1.807, 2.05) is 0 Å². The molecule has 146 valence electrons. The maximum absolute atomic E-state index is 12.8. The first kappa shape index (κ1) is 20.1. The summed E-state index contributed by atoms with van der Waals surface area (Å²) in [6.07, 6.45) is 4.20. The van der Waals surface area contributed by atoms with Gasteiger partial charge in [-0.05, 0) is 54.8 Å². The maximum atomic E-state index is 12.8. The van der Waals surface area contributed by atoms with Crippen LogP contribution in [0.4, 0.5) is 5.69 Å². The van der Waals surface area contributed by atoms with Crippen molar-refractivity contribution in [3.8, 4) is 6.07 Å². The molecule has 0 aromatic heterocycles. The summed E-state index contributed by atoms with van der Waals surface area (Å²) in [5, 5.41) is 11.5. The van der Waals surface area contributed by atoms with Crippen LogP contribution in [-0.2, 0) is 16.4 Å². The molecule has 0 saturated carbocycles. The molecule has 0 radical (unpaired) electrons. The third-order valence-corrected chi connectivity index (χ3v) is 6.73. The van der Waals surface area contributed by atoms with E-state index >= 15 is 0 Å². The highest BCUT2D eigenvalue weighted by atomic mass is 32.2. The second-order valence-electron chi connectivity index (χ2n) is 6.83. The Morgan fingerprint density at radius 2 is 1.57 bits per heavy atom. The molecule has 0 unspecified atom stereocenters. The van der Waals surface area contributed by atoms with Gasteiger partial charge in [0, 0.05) is 24.3 Å². The third kappa shape index (κ3) is 4.77. The number of benzene rings is 2. The molecule has 0 aliphatic carbocycles. The summed E-state index contributed by atoms with van der Waals surface area (Å²) in [4.78, 5) is 12.6. The van der Waals surface area contributed by atoms with Crippen LogP contribution < -0.4 is 5.32 Å². The fourth-order valence-corrected chi connectivity index (χ4v) is 4.73. The number of carbonyl (C=O) groups is 1. The predicted molar refractivity (Wildman–Crippen MR) is 107 cm³/mol. The molecular weight excluding hydrogens is 374 g/mol. The van der Waals surface area contributed by atoms with Crippen LogP contribution in [0.3, 0.4) is 0 Å². The molecule has 3 rings (SSSR count). The zero-order chi connectivity index (χ0) is 20.0. The van der Waals surface area contributed by atoms with Crippen molar-refractivity contribution < 1.29 is 13.2 Å². The summed E-state index contributed by atoms with van der Waals surface area (Å²) >= 11 is 0. The number of sulfonamides is 1. The SMILES string of the molecule is N#CCc1ccc(NC(=O)c2ccc(S(=O)(=O)N3CCCCCC3)cc2)cc1. The molecule has 1 aliphatic heterocycles. The van der Waals surface area contributed by atoms with Crippen molar-refractivity contribution in [2.45, 2.75) is 37.0 Å². The van der Waals surface area contributed by atoms with Gasteiger partial charge < -0.3 is 5.32 Å². The molecule has 1 amide bonds. The number of nitrogens with one attached hydrogen (secondary N) is 1. The molecule has 2 aromatic rings. The van der Waals surface area contributed by atoms with Gasteiger partial charge in [-0.1, -0.05) is 25.0 Å². The highest BCUT2D eigenvalue weighted by Crippen LogP contribution is 2.21. The first-order valence-corrected chi connectivity index (χ1v) is 10.8. The Hall–Kier alpha value is -2.69. The van der Waals surface area contributed by atoms with Crippen LogP contribution >= 0.6 is 0 Å². The van der Waals surface area contributed by atoms with Crippen molar-refractivity contribution in [2.75, 3.05) is 18.4 Å². The number of hydrogen-bond acceptors (Lipinski definition) is 4. The van der Waals surface area contributed by atoms with Crippen LogP contribution in [0.5, 0.6) is 0 Å². The monoisotopic (exact) mass is 397 g/mol. The van der Waals surface area contributed by atoms with Crippen molar-refractivity contribution >= 4 is 21.6 Å². The van der Waals surface area contributed by atoms with Crippen LogP contribution in [0.25, 0.3) is 0 Å². The average molecular weight is 398 g/mol. The highest BCUT2D eigenvalue weighted by molar-refractivity contribution is 7.89. The van der Waals surface area contributed by atoms with E-state index in [9.17, 15) is 13.2 Å². The van der Waals surface area contributed by atoms with Crippen LogP contribution in [-0.4, -0.2) is 31.7 Å². The summed E-state index contributed by atoms with van der Waals surface area (Å²) in [6.45, 7) is 1.10. The van der Waals surface area contributed by atoms with Gasteiger partial charge in [0.1, 0.15) is 0 Å². The van der Waals surface area contributed by atoms with Crippen molar-refractivity contribution in [3.63, 3.8) is 0 Å². The van der Waals surface area contributed by atoms with E-state index < -0.39 is 10.0 Å². The Morgan fingerprint density at radius 3 is 2.14 bits per heavy atom. The summed E-state index contributed by atoms with van der Waals surface area (Å²) in [7, 11) is -3.52. The summed E-state index contributed by atoms with van der Waals surface area (Å²) in [5.41, 5.74) is 1.88. The van der Waals surface area contributed by atoms with Gasteiger partial charge in [0.2, 0.25) is 10.0 Å². The molecule has 0 spiro atoms. The van der Waals surface area contributed by atoms with Crippen LogP contribution in [0, 0.1) is 11.3 Å². The normalized spacial score (nSPS) is 15.4. The number of carbonyl (C=O) groups excluding carboxylic acids is 1. The smallest absolute Gasteiger partial charge is 0.255 e. The lowest BCUT2D eigenvalue weighted by molar-refractivity contribution is 0.102. The van der Waals surface area contributed by atoms with Crippen molar-refractivity contribution in [3.05, 3.63) is 59.7 Å². The average Bonchev–Trinajstić information content (AvgIpc) is 3.00. The summed E-state index contributed by atoms with van der Waals surface area (Å²) in [6, 6.07) is 15.2. The third-order valence-electron chi connectivity index (χ3n) is 4.81. The number of nitrogens with zero attached hydrogens (tertiary/aromatic N) is 2. The molecule has 1 fully saturated rings. The largest absolute Gasteiger partial charge is 0.322 e. The molecule has 7 heteroatoms. The van der Waals surface area contributed by atoms with E-state index in [2.05, 4.69) is 11.4 Å². The van der Waals surface area contributed by atoms with E-state index in [-0.39, 0.29) is 10.8 Å². The van der Waals surface area contributed by atoms with Gasteiger partial charge in [-0.15, -0.1) is 0 Å². The van der Waals surface area contributed by atoms with Gasteiger partial charge in [-0.25, -0.2) is 8.42 Å². The lowest BCUT2D eigenvalue weighted by Gasteiger charge is -2.20. The van der Waals surface area contributed by atoms with Crippen molar-refractivity contribution in [1.29, 1.82) is 5.26 Å². The highest BCUT2D eigenvalue weighted by Gasteiger charge is 2.25. The molecule has 1 saturated heterocycles. The zero-order valence-corrected chi connectivity index (χ0v) is 16.4. The fraction of sp³-hybridized carbons (Fsp3) is 0.333. The molecule has 28 heavy (non-hydrogen) atoms. The number of rotatable bonds is 5. The summed E-state index contributed by atoms with van der Waals surface area (Å²) < 4.78 is 27.1. The maximum Gasteiger partial charge on any atom is 0.255 e. The minimum Gasteiger partial charge on any atom is -0.322 e. The van der Waals surface area contributed by atoms with Gasteiger partial charge in [0.05, 0.1) is 17.4 Å². The first-order chi connectivity index (χ1) is 13.5. The Balaban J connectivity index is 1.69. The molecule has 1 heterocycles. The van der Waals surface area contributed by atoms with Crippen LogP contribution in [0.15, 0.2) is 53.4 Å². The lowest BCUT2D eigenvalue weighted by atomic mass is 10.1. The van der Waals surface area contributed by atoms with E-state index in [4.69, 9.17) is 5.26 Å². The fourth-order valence-electron chi connectivity index (χ4n) is 3.21.